The SMILES string of the molecule is Cc1c(N)cccc1COCc1ccco1. The van der Waals surface area contributed by atoms with Crippen LogP contribution < -0.4 is 5.73 Å². The summed E-state index contributed by atoms with van der Waals surface area (Å²) >= 11 is 0. The topological polar surface area (TPSA) is 48.4 Å². The van der Waals surface area contributed by atoms with E-state index >= 15 is 0 Å². The third kappa shape index (κ3) is 2.44. The number of nitrogen functional groups attached to an aromatic ring is 1. The predicted molar refractivity (Wildman–Crippen MR) is 62.8 cm³/mol. The molecule has 0 saturated carbocycles. The van der Waals surface area contributed by atoms with Crippen molar-refractivity contribution in [2.24, 2.45) is 0 Å². The Bertz CT molecular complexity index is 449. The molecule has 0 aliphatic rings. The molecule has 3 heteroatoms. The standard InChI is InChI=1S/C13H15NO2/c1-10-11(4-2-6-13(10)14)8-15-9-12-5-3-7-16-12/h2-7H,8-9,14H2,1H3. The smallest absolute Gasteiger partial charge is 0.129 e. The maximum Gasteiger partial charge on any atom is 0.129 e. The number of benzene rings is 1. The fourth-order valence-corrected chi connectivity index (χ4v) is 1.52. The molecule has 3 nitrogen and oxygen atoms in total. The number of hydrogen-bond acceptors (Lipinski definition) is 3. The first-order valence-electron chi connectivity index (χ1n) is 5.21. The average Bonchev–Trinajstić information content (AvgIpc) is 2.77. The first kappa shape index (κ1) is 10.8. The van der Waals surface area contributed by atoms with Gasteiger partial charge in [-0.05, 0) is 36.2 Å². The fraction of sp³-hybridized carbons (Fsp3) is 0.231. The monoisotopic (exact) mass is 217 g/mol. The van der Waals surface area contributed by atoms with Crippen LogP contribution in [0.2, 0.25) is 0 Å². The number of ether oxygens (including phenoxy) is 1. The van der Waals surface area contributed by atoms with Gasteiger partial charge in [-0.15, -0.1) is 0 Å². The van der Waals surface area contributed by atoms with Crippen molar-refractivity contribution in [3.63, 3.8) is 0 Å². The zero-order valence-corrected chi connectivity index (χ0v) is 9.27. The van der Waals surface area contributed by atoms with Crippen LogP contribution >= 0.6 is 0 Å². The Balaban J connectivity index is 1.92. The Morgan fingerprint density at radius 3 is 2.81 bits per heavy atom. The summed E-state index contributed by atoms with van der Waals surface area (Å²) in [6, 6.07) is 9.60. The number of rotatable bonds is 4. The molecule has 0 saturated heterocycles. The summed E-state index contributed by atoms with van der Waals surface area (Å²) in [7, 11) is 0. The minimum Gasteiger partial charge on any atom is -0.467 e. The van der Waals surface area contributed by atoms with Crippen LogP contribution in [0.4, 0.5) is 5.69 Å². The molecule has 0 bridgehead atoms. The lowest BCUT2D eigenvalue weighted by Crippen LogP contribution is -1.98. The second kappa shape index (κ2) is 4.86. The maximum absolute atomic E-state index is 5.81. The van der Waals surface area contributed by atoms with Crippen molar-refractivity contribution in [2.45, 2.75) is 20.1 Å². The van der Waals surface area contributed by atoms with Gasteiger partial charge in [0.1, 0.15) is 12.4 Å². The minimum atomic E-state index is 0.487. The van der Waals surface area contributed by atoms with Gasteiger partial charge in [-0.2, -0.15) is 0 Å². The van der Waals surface area contributed by atoms with Gasteiger partial charge in [-0.25, -0.2) is 0 Å². The third-order valence-corrected chi connectivity index (χ3v) is 2.57. The van der Waals surface area contributed by atoms with Crippen LogP contribution in [0.5, 0.6) is 0 Å². The number of furan rings is 1. The molecule has 0 aliphatic heterocycles. The zero-order chi connectivity index (χ0) is 11.4. The normalized spacial score (nSPS) is 10.6. The molecular weight excluding hydrogens is 202 g/mol. The van der Waals surface area contributed by atoms with Gasteiger partial charge < -0.3 is 14.9 Å². The molecule has 16 heavy (non-hydrogen) atoms. The first-order valence-corrected chi connectivity index (χ1v) is 5.21. The van der Waals surface area contributed by atoms with Gasteiger partial charge in [0, 0.05) is 5.69 Å². The summed E-state index contributed by atoms with van der Waals surface area (Å²) in [4.78, 5) is 0. The summed E-state index contributed by atoms with van der Waals surface area (Å²) < 4.78 is 10.7. The van der Waals surface area contributed by atoms with Crippen molar-refractivity contribution in [3.05, 3.63) is 53.5 Å². The van der Waals surface area contributed by atoms with E-state index in [-0.39, 0.29) is 0 Å². The van der Waals surface area contributed by atoms with E-state index in [9.17, 15) is 0 Å². The van der Waals surface area contributed by atoms with E-state index in [0.29, 0.717) is 13.2 Å². The quantitative estimate of drug-likeness (QED) is 0.801. The first-order chi connectivity index (χ1) is 7.77. The second-order valence-corrected chi connectivity index (χ2v) is 3.70. The van der Waals surface area contributed by atoms with Gasteiger partial charge in [0.2, 0.25) is 0 Å². The van der Waals surface area contributed by atoms with E-state index in [2.05, 4.69) is 0 Å². The fourth-order valence-electron chi connectivity index (χ4n) is 1.52. The van der Waals surface area contributed by atoms with Gasteiger partial charge in [0.05, 0.1) is 12.9 Å². The van der Waals surface area contributed by atoms with E-state index in [0.717, 1.165) is 22.6 Å². The molecule has 2 aromatic rings. The van der Waals surface area contributed by atoms with Gasteiger partial charge in [0.15, 0.2) is 0 Å². The molecule has 2 rings (SSSR count). The molecule has 1 aromatic carbocycles. The Morgan fingerprint density at radius 2 is 2.06 bits per heavy atom. The molecule has 0 aliphatic carbocycles. The summed E-state index contributed by atoms with van der Waals surface area (Å²) in [5, 5.41) is 0. The summed E-state index contributed by atoms with van der Waals surface area (Å²) in [6.07, 6.45) is 1.64. The lowest BCUT2D eigenvalue weighted by molar-refractivity contribution is 0.0926. The Hall–Kier alpha value is -1.74. The summed E-state index contributed by atoms with van der Waals surface area (Å²) in [5.74, 6) is 0.835. The summed E-state index contributed by atoms with van der Waals surface area (Å²) in [5.41, 5.74) is 8.82. The van der Waals surface area contributed by atoms with E-state index in [4.69, 9.17) is 14.9 Å². The molecule has 0 unspecified atom stereocenters. The van der Waals surface area contributed by atoms with Crippen LogP contribution in [0, 0.1) is 6.92 Å². The Morgan fingerprint density at radius 1 is 1.19 bits per heavy atom. The lowest BCUT2D eigenvalue weighted by atomic mass is 10.1. The Kier molecular flexibility index (Phi) is 3.27. The molecule has 0 atom stereocenters. The molecule has 2 N–H and O–H groups in total. The average molecular weight is 217 g/mol. The third-order valence-electron chi connectivity index (χ3n) is 2.57. The van der Waals surface area contributed by atoms with Crippen LogP contribution in [0.25, 0.3) is 0 Å². The number of hydrogen-bond donors (Lipinski definition) is 1. The second-order valence-electron chi connectivity index (χ2n) is 3.70. The summed E-state index contributed by atoms with van der Waals surface area (Å²) in [6.45, 7) is 3.04. The van der Waals surface area contributed by atoms with E-state index in [1.807, 2.05) is 37.3 Å². The molecule has 0 amide bonds. The van der Waals surface area contributed by atoms with Crippen molar-refractivity contribution in [2.75, 3.05) is 5.73 Å². The molecule has 84 valence electrons. The minimum absolute atomic E-state index is 0.487. The van der Waals surface area contributed by atoms with Crippen molar-refractivity contribution in [1.82, 2.24) is 0 Å². The highest BCUT2D eigenvalue weighted by atomic mass is 16.5. The zero-order valence-electron chi connectivity index (χ0n) is 9.27. The largest absolute Gasteiger partial charge is 0.467 e. The van der Waals surface area contributed by atoms with Gasteiger partial charge >= 0.3 is 0 Å². The molecule has 0 spiro atoms. The van der Waals surface area contributed by atoms with Gasteiger partial charge in [-0.3, -0.25) is 0 Å². The Labute approximate surface area is 94.8 Å². The van der Waals surface area contributed by atoms with E-state index in [1.165, 1.54) is 0 Å². The highest BCUT2D eigenvalue weighted by Crippen LogP contribution is 2.16. The maximum atomic E-state index is 5.81. The van der Waals surface area contributed by atoms with Crippen molar-refractivity contribution in [3.8, 4) is 0 Å². The molecular formula is C13H15NO2. The van der Waals surface area contributed by atoms with Gasteiger partial charge in [0.25, 0.3) is 0 Å². The highest BCUT2D eigenvalue weighted by molar-refractivity contribution is 5.49. The van der Waals surface area contributed by atoms with Crippen molar-refractivity contribution in [1.29, 1.82) is 0 Å². The van der Waals surface area contributed by atoms with Crippen LogP contribution in [0.15, 0.2) is 41.0 Å². The number of anilines is 1. The molecule has 1 aromatic heterocycles. The number of nitrogens with two attached hydrogens (primary N) is 1. The van der Waals surface area contributed by atoms with Crippen LogP contribution in [0.3, 0.4) is 0 Å². The lowest BCUT2D eigenvalue weighted by Gasteiger charge is -2.08. The predicted octanol–water partition coefficient (Wildman–Crippen LogP) is 2.89. The van der Waals surface area contributed by atoms with Crippen LogP contribution in [-0.2, 0) is 18.0 Å². The van der Waals surface area contributed by atoms with E-state index < -0.39 is 0 Å². The van der Waals surface area contributed by atoms with Crippen LogP contribution in [0.1, 0.15) is 16.9 Å². The van der Waals surface area contributed by atoms with Gasteiger partial charge in [-0.1, -0.05) is 12.1 Å². The van der Waals surface area contributed by atoms with Crippen LogP contribution in [-0.4, -0.2) is 0 Å². The molecule has 1 heterocycles. The van der Waals surface area contributed by atoms with E-state index in [1.54, 1.807) is 6.26 Å². The highest BCUT2D eigenvalue weighted by Gasteiger charge is 2.02. The molecule has 0 fully saturated rings. The molecule has 0 radical (unpaired) electrons. The van der Waals surface area contributed by atoms with Crippen molar-refractivity contribution >= 4 is 5.69 Å². The van der Waals surface area contributed by atoms with Crippen molar-refractivity contribution < 1.29 is 9.15 Å².